The number of hydrogen-bond donors (Lipinski definition) is 2. The number of hydrogen-bond acceptors (Lipinski definition) is 3. The van der Waals surface area contributed by atoms with Crippen molar-refractivity contribution in [1.29, 1.82) is 0 Å². The van der Waals surface area contributed by atoms with Crippen LogP contribution in [0.5, 0.6) is 0 Å². The van der Waals surface area contributed by atoms with E-state index in [9.17, 15) is 9.50 Å². The van der Waals surface area contributed by atoms with Gasteiger partial charge in [-0.05, 0) is 23.8 Å². The maximum absolute atomic E-state index is 13.3. The standard InChI is InChI=1S/C12H16BrFN2O.ClH/c13-10-5-9(6-11(14)7-10)12(8-17)16-3-1-15-2-4-16;/h5-7,12,15,17H,1-4,8H2;1H/t12-;/m1./s1. The van der Waals surface area contributed by atoms with E-state index in [2.05, 4.69) is 26.1 Å². The normalized spacial score (nSPS) is 18.2. The number of halogens is 3. The van der Waals surface area contributed by atoms with Gasteiger partial charge < -0.3 is 10.4 Å². The van der Waals surface area contributed by atoms with Gasteiger partial charge in [0.15, 0.2) is 0 Å². The number of nitrogens with one attached hydrogen (secondary N) is 1. The summed E-state index contributed by atoms with van der Waals surface area (Å²) in [5.74, 6) is -0.275. The van der Waals surface area contributed by atoms with Crippen LogP contribution >= 0.6 is 28.3 Å². The first kappa shape index (κ1) is 15.9. The van der Waals surface area contributed by atoms with Crippen molar-refractivity contribution in [2.45, 2.75) is 6.04 Å². The zero-order valence-corrected chi connectivity index (χ0v) is 12.3. The van der Waals surface area contributed by atoms with Gasteiger partial charge in [0.1, 0.15) is 5.82 Å². The molecule has 1 saturated heterocycles. The largest absolute Gasteiger partial charge is 0.394 e. The Morgan fingerprint density at radius 3 is 2.56 bits per heavy atom. The molecule has 1 heterocycles. The van der Waals surface area contributed by atoms with Gasteiger partial charge in [0.25, 0.3) is 0 Å². The smallest absolute Gasteiger partial charge is 0.124 e. The van der Waals surface area contributed by atoms with Crippen LogP contribution in [0.15, 0.2) is 22.7 Å². The summed E-state index contributed by atoms with van der Waals surface area (Å²) in [6.45, 7) is 3.58. The van der Waals surface area contributed by atoms with Gasteiger partial charge in [0.2, 0.25) is 0 Å². The lowest BCUT2D eigenvalue weighted by Gasteiger charge is -2.34. The van der Waals surface area contributed by atoms with Crippen molar-refractivity contribution >= 4 is 28.3 Å². The molecule has 1 aliphatic rings. The highest BCUT2D eigenvalue weighted by Crippen LogP contribution is 2.24. The van der Waals surface area contributed by atoms with Gasteiger partial charge in [0.05, 0.1) is 12.6 Å². The summed E-state index contributed by atoms with van der Waals surface area (Å²) >= 11 is 3.28. The summed E-state index contributed by atoms with van der Waals surface area (Å²) in [5, 5.41) is 12.8. The number of benzene rings is 1. The average Bonchev–Trinajstić information content (AvgIpc) is 2.30. The molecule has 1 aromatic rings. The third-order valence-corrected chi connectivity index (χ3v) is 3.49. The summed E-state index contributed by atoms with van der Waals surface area (Å²) in [6.07, 6.45) is 0. The molecule has 0 unspecified atom stereocenters. The molecule has 0 aliphatic carbocycles. The maximum Gasteiger partial charge on any atom is 0.124 e. The Balaban J connectivity index is 0.00000162. The van der Waals surface area contributed by atoms with Crippen molar-refractivity contribution in [3.63, 3.8) is 0 Å². The number of nitrogens with zero attached hydrogens (tertiary/aromatic N) is 1. The van der Waals surface area contributed by atoms with E-state index in [1.807, 2.05) is 6.07 Å². The summed E-state index contributed by atoms with van der Waals surface area (Å²) < 4.78 is 14.1. The third-order valence-electron chi connectivity index (χ3n) is 3.03. The van der Waals surface area contributed by atoms with Crippen LogP contribution in [-0.4, -0.2) is 42.8 Å². The molecule has 0 radical (unpaired) electrons. The Hall–Kier alpha value is -0.200. The predicted octanol–water partition coefficient (Wildman–Crippen LogP) is 1.95. The Kier molecular flexibility index (Phi) is 6.52. The van der Waals surface area contributed by atoms with Crippen LogP contribution < -0.4 is 5.32 Å². The second-order valence-electron chi connectivity index (χ2n) is 4.19. The molecule has 2 N–H and O–H groups in total. The summed E-state index contributed by atoms with van der Waals surface area (Å²) in [6, 6.07) is 4.67. The molecular weight excluding hydrogens is 323 g/mol. The molecule has 0 spiro atoms. The molecule has 1 atom stereocenters. The monoisotopic (exact) mass is 338 g/mol. The molecule has 0 saturated carbocycles. The summed E-state index contributed by atoms with van der Waals surface area (Å²) in [4.78, 5) is 2.18. The minimum absolute atomic E-state index is 0. The van der Waals surface area contributed by atoms with Gasteiger partial charge in [0, 0.05) is 30.7 Å². The third kappa shape index (κ3) is 3.90. The van der Waals surface area contributed by atoms with Crippen LogP contribution in [0.25, 0.3) is 0 Å². The molecule has 6 heteroatoms. The molecule has 1 aromatic carbocycles. The van der Waals surface area contributed by atoms with E-state index in [1.54, 1.807) is 0 Å². The first-order chi connectivity index (χ1) is 8.20. The van der Waals surface area contributed by atoms with E-state index in [-0.39, 0.29) is 30.9 Å². The van der Waals surface area contributed by atoms with E-state index in [1.165, 1.54) is 12.1 Å². The van der Waals surface area contributed by atoms with E-state index < -0.39 is 0 Å². The molecule has 1 fully saturated rings. The Morgan fingerprint density at radius 1 is 1.33 bits per heavy atom. The molecule has 0 amide bonds. The van der Waals surface area contributed by atoms with Crippen LogP contribution in [0.3, 0.4) is 0 Å². The zero-order valence-electron chi connectivity index (χ0n) is 9.90. The quantitative estimate of drug-likeness (QED) is 0.883. The SMILES string of the molecule is Cl.OC[C@H](c1cc(F)cc(Br)c1)N1CCNCC1. The number of aliphatic hydroxyl groups is 1. The summed E-state index contributed by atoms with van der Waals surface area (Å²) in [7, 11) is 0. The molecule has 0 aromatic heterocycles. The fraction of sp³-hybridized carbons (Fsp3) is 0.500. The molecule has 3 nitrogen and oxygen atoms in total. The van der Waals surface area contributed by atoms with Gasteiger partial charge in [-0.2, -0.15) is 0 Å². The number of piperazine rings is 1. The first-order valence-electron chi connectivity index (χ1n) is 5.72. The Morgan fingerprint density at radius 2 is 2.00 bits per heavy atom. The van der Waals surface area contributed by atoms with Crippen molar-refractivity contribution < 1.29 is 9.50 Å². The minimum Gasteiger partial charge on any atom is -0.394 e. The van der Waals surface area contributed by atoms with Crippen LogP contribution in [0.1, 0.15) is 11.6 Å². The maximum atomic E-state index is 13.3. The highest BCUT2D eigenvalue weighted by atomic mass is 79.9. The van der Waals surface area contributed by atoms with Crippen LogP contribution in [0, 0.1) is 5.82 Å². The fourth-order valence-corrected chi connectivity index (χ4v) is 2.68. The van der Waals surface area contributed by atoms with Gasteiger partial charge in [-0.15, -0.1) is 12.4 Å². The second kappa shape index (κ2) is 7.40. The molecule has 18 heavy (non-hydrogen) atoms. The highest BCUT2D eigenvalue weighted by molar-refractivity contribution is 9.10. The minimum atomic E-state index is -0.275. The zero-order chi connectivity index (χ0) is 12.3. The van der Waals surface area contributed by atoms with Crippen molar-refractivity contribution in [1.82, 2.24) is 10.2 Å². The van der Waals surface area contributed by atoms with Crippen LogP contribution in [0.2, 0.25) is 0 Å². The topological polar surface area (TPSA) is 35.5 Å². The second-order valence-corrected chi connectivity index (χ2v) is 5.10. The lowest BCUT2D eigenvalue weighted by molar-refractivity contribution is 0.110. The van der Waals surface area contributed by atoms with Crippen molar-refractivity contribution in [3.05, 3.63) is 34.1 Å². The molecule has 2 rings (SSSR count). The lowest BCUT2D eigenvalue weighted by Crippen LogP contribution is -2.46. The Labute approximate surface area is 121 Å². The number of rotatable bonds is 3. The highest BCUT2D eigenvalue weighted by Gasteiger charge is 2.22. The van der Waals surface area contributed by atoms with E-state index >= 15 is 0 Å². The number of aliphatic hydroxyl groups excluding tert-OH is 1. The molecule has 102 valence electrons. The van der Waals surface area contributed by atoms with Gasteiger partial charge in [-0.1, -0.05) is 15.9 Å². The lowest BCUT2D eigenvalue weighted by atomic mass is 10.1. The van der Waals surface area contributed by atoms with Gasteiger partial charge in [-0.25, -0.2) is 4.39 Å². The average molecular weight is 340 g/mol. The van der Waals surface area contributed by atoms with Crippen molar-refractivity contribution in [2.24, 2.45) is 0 Å². The predicted molar refractivity (Wildman–Crippen MR) is 75.6 cm³/mol. The fourth-order valence-electron chi connectivity index (χ4n) is 2.19. The van der Waals surface area contributed by atoms with Gasteiger partial charge >= 0.3 is 0 Å². The molecule has 0 bridgehead atoms. The molecular formula is C12H17BrClFN2O. The Bertz CT molecular complexity index is 368. The van der Waals surface area contributed by atoms with E-state index in [4.69, 9.17) is 0 Å². The first-order valence-corrected chi connectivity index (χ1v) is 6.51. The van der Waals surface area contributed by atoms with Crippen molar-refractivity contribution in [2.75, 3.05) is 32.8 Å². The van der Waals surface area contributed by atoms with E-state index in [0.29, 0.717) is 4.47 Å². The molecule has 1 aliphatic heterocycles. The van der Waals surface area contributed by atoms with Crippen LogP contribution in [0.4, 0.5) is 4.39 Å². The summed E-state index contributed by atoms with van der Waals surface area (Å²) in [5.41, 5.74) is 0.821. The van der Waals surface area contributed by atoms with Gasteiger partial charge in [-0.3, -0.25) is 4.90 Å². The van der Waals surface area contributed by atoms with Crippen LogP contribution in [-0.2, 0) is 0 Å². The van der Waals surface area contributed by atoms with Crippen molar-refractivity contribution in [3.8, 4) is 0 Å². The van der Waals surface area contributed by atoms with E-state index in [0.717, 1.165) is 31.7 Å².